The second-order valence-electron chi connectivity index (χ2n) is 4.91. The number of fused-ring (bicyclic) bond motifs is 1. The number of hydrogen-bond donors (Lipinski definition) is 1. The van der Waals surface area contributed by atoms with Crippen molar-refractivity contribution >= 4 is 11.2 Å². The van der Waals surface area contributed by atoms with Gasteiger partial charge in [-0.2, -0.15) is 5.26 Å². The van der Waals surface area contributed by atoms with Gasteiger partial charge < -0.3 is 5.73 Å². The molecule has 2 N–H and O–H groups in total. The quantitative estimate of drug-likeness (QED) is 0.774. The third-order valence-electron chi connectivity index (χ3n) is 3.29. The van der Waals surface area contributed by atoms with Crippen molar-refractivity contribution in [2.75, 3.05) is 0 Å². The highest BCUT2D eigenvalue weighted by atomic mass is 15.2. The van der Waals surface area contributed by atoms with E-state index >= 15 is 0 Å². The van der Waals surface area contributed by atoms with Crippen molar-refractivity contribution in [1.29, 1.82) is 5.26 Å². The average molecular weight is 278 g/mol. The molecule has 6 nitrogen and oxygen atoms in total. The molecular formula is C15H14N6. The van der Waals surface area contributed by atoms with Crippen LogP contribution < -0.4 is 5.73 Å². The Morgan fingerprint density at radius 3 is 2.71 bits per heavy atom. The molecule has 3 heterocycles. The average Bonchev–Trinajstić information content (AvgIpc) is 2.88. The Morgan fingerprint density at radius 2 is 2.10 bits per heavy atom. The Hall–Kier alpha value is -2.78. The summed E-state index contributed by atoms with van der Waals surface area (Å²) < 4.78 is 1.84. The van der Waals surface area contributed by atoms with Crippen molar-refractivity contribution in [3.63, 3.8) is 0 Å². The molecule has 3 rings (SSSR count). The summed E-state index contributed by atoms with van der Waals surface area (Å²) in [6.07, 6.45) is 3.27. The number of aryl methyl sites for hydroxylation is 1. The Balaban J connectivity index is 2.31. The molecule has 3 aromatic rings. The Kier molecular flexibility index (Phi) is 3.12. The number of rotatable bonds is 2. The largest absolute Gasteiger partial charge is 0.322 e. The van der Waals surface area contributed by atoms with Crippen molar-refractivity contribution in [2.24, 2.45) is 5.73 Å². The molecule has 0 aromatic carbocycles. The first-order chi connectivity index (χ1) is 10.1. The number of nitriles is 1. The molecule has 6 heteroatoms. The minimum atomic E-state index is -0.254. The van der Waals surface area contributed by atoms with E-state index in [0.717, 1.165) is 16.7 Å². The van der Waals surface area contributed by atoms with Gasteiger partial charge in [0.25, 0.3) is 0 Å². The lowest BCUT2D eigenvalue weighted by Gasteiger charge is -2.09. The van der Waals surface area contributed by atoms with Gasteiger partial charge in [0.1, 0.15) is 23.2 Å². The summed E-state index contributed by atoms with van der Waals surface area (Å²) in [5, 5.41) is 8.87. The first-order valence-corrected chi connectivity index (χ1v) is 6.58. The molecule has 0 aliphatic carbocycles. The molecule has 0 spiro atoms. The maximum atomic E-state index is 8.87. The van der Waals surface area contributed by atoms with Crippen LogP contribution >= 0.6 is 0 Å². The van der Waals surface area contributed by atoms with Crippen molar-refractivity contribution in [3.8, 4) is 11.9 Å². The minimum Gasteiger partial charge on any atom is -0.322 e. The summed E-state index contributed by atoms with van der Waals surface area (Å²) in [6, 6.07) is 7.21. The van der Waals surface area contributed by atoms with E-state index in [2.05, 4.69) is 21.0 Å². The van der Waals surface area contributed by atoms with Gasteiger partial charge in [-0.05, 0) is 37.6 Å². The van der Waals surface area contributed by atoms with E-state index in [1.165, 1.54) is 6.20 Å². The van der Waals surface area contributed by atoms with E-state index in [1.807, 2.05) is 24.5 Å². The monoisotopic (exact) mass is 278 g/mol. The molecule has 0 bridgehead atoms. The molecule has 0 fully saturated rings. The molecule has 3 aromatic heterocycles. The van der Waals surface area contributed by atoms with Crippen LogP contribution in [-0.4, -0.2) is 19.5 Å². The number of pyridine rings is 2. The lowest BCUT2D eigenvalue weighted by atomic mass is 10.3. The maximum Gasteiger partial charge on any atom is 0.166 e. The number of aromatic nitrogens is 4. The SMILES string of the molecule is Cc1ccnc2c1nc(C(C)N)n2-c1ccc(C#N)cn1. The maximum absolute atomic E-state index is 8.87. The summed E-state index contributed by atoms with van der Waals surface area (Å²) >= 11 is 0. The first kappa shape index (κ1) is 13.2. The molecule has 0 aliphatic rings. The number of imidazole rings is 1. The zero-order valence-corrected chi connectivity index (χ0v) is 11.8. The van der Waals surface area contributed by atoms with E-state index in [9.17, 15) is 0 Å². The van der Waals surface area contributed by atoms with Crippen molar-refractivity contribution in [3.05, 3.63) is 47.5 Å². The van der Waals surface area contributed by atoms with E-state index in [-0.39, 0.29) is 6.04 Å². The van der Waals surface area contributed by atoms with Crippen LogP contribution in [0.1, 0.15) is 29.9 Å². The van der Waals surface area contributed by atoms with Crippen LogP contribution in [0.25, 0.3) is 17.0 Å². The van der Waals surface area contributed by atoms with Gasteiger partial charge in [-0.25, -0.2) is 15.0 Å². The highest BCUT2D eigenvalue weighted by Crippen LogP contribution is 2.23. The summed E-state index contributed by atoms with van der Waals surface area (Å²) in [4.78, 5) is 13.3. The van der Waals surface area contributed by atoms with Crippen LogP contribution in [0.4, 0.5) is 0 Å². The highest BCUT2D eigenvalue weighted by Gasteiger charge is 2.18. The lowest BCUT2D eigenvalue weighted by molar-refractivity contribution is 0.719. The van der Waals surface area contributed by atoms with Gasteiger partial charge in [0.15, 0.2) is 5.65 Å². The van der Waals surface area contributed by atoms with Gasteiger partial charge in [0.2, 0.25) is 0 Å². The Labute approximate surface area is 121 Å². The van der Waals surface area contributed by atoms with Gasteiger partial charge in [-0.1, -0.05) is 0 Å². The summed E-state index contributed by atoms with van der Waals surface area (Å²) in [7, 11) is 0. The molecule has 1 unspecified atom stereocenters. The van der Waals surface area contributed by atoms with Crippen LogP contribution in [0.5, 0.6) is 0 Å². The Morgan fingerprint density at radius 1 is 1.29 bits per heavy atom. The van der Waals surface area contributed by atoms with Crippen LogP contribution in [-0.2, 0) is 0 Å². The third kappa shape index (κ3) is 2.14. The minimum absolute atomic E-state index is 0.254. The zero-order chi connectivity index (χ0) is 15.0. The molecule has 21 heavy (non-hydrogen) atoms. The molecule has 0 aliphatic heterocycles. The standard InChI is InChI=1S/C15H14N6/c1-9-5-6-18-15-13(9)20-14(10(2)17)21(15)12-4-3-11(7-16)8-19-12/h3-6,8,10H,17H2,1-2H3. The molecule has 0 saturated carbocycles. The topological polar surface area (TPSA) is 93.4 Å². The van der Waals surface area contributed by atoms with Crippen molar-refractivity contribution in [2.45, 2.75) is 19.9 Å². The number of nitrogens with two attached hydrogens (primary N) is 1. The molecule has 0 radical (unpaired) electrons. The third-order valence-corrected chi connectivity index (χ3v) is 3.29. The second-order valence-corrected chi connectivity index (χ2v) is 4.91. The fourth-order valence-corrected chi connectivity index (χ4v) is 2.23. The first-order valence-electron chi connectivity index (χ1n) is 6.58. The number of nitrogens with zero attached hydrogens (tertiary/aromatic N) is 5. The lowest BCUT2D eigenvalue weighted by Crippen LogP contribution is -2.13. The summed E-state index contributed by atoms with van der Waals surface area (Å²) in [5.41, 5.74) is 9.11. The van der Waals surface area contributed by atoms with Gasteiger partial charge in [-0.15, -0.1) is 0 Å². The predicted molar refractivity (Wildman–Crippen MR) is 78.7 cm³/mol. The normalized spacial score (nSPS) is 12.3. The van der Waals surface area contributed by atoms with Crippen molar-refractivity contribution in [1.82, 2.24) is 19.5 Å². The smallest absolute Gasteiger partial charge is 0.166 e. The van der Waals surface area contributed by atoms with E-state index in [0.29, 0.717) is 17.2 Å². The second kappa shape index (κ2) is 4.96. The van der Waals surface area contributed by atoms with Crippen LogP contribution in [0, 0.1) is 18.3 Å². The van der Waals surface area contributed by atoms with Gasteiger partial charge >= 0.3 is 0 Å². The highest BCUT2D eigenvalue weighted by molar-refractivity contribution is 5.77. The summed E-state index contributed by atoms with van der Waals surface area (Å²) in [5.74, 6) is 1.35. The van der Waals surface area contributed by atoms with E-state index in [1.54, 1.807) is 18.3 Å². The van der Waals surface area contributed by atoms with Gasteiger partial charge in [0, 0.05) is 12.4 Å². The summed E-state index contributed by atoms with van der Waals surface area (Å²) in [6.45, 7) is 3.86. The van der Waals surface area contributed by atoms with Gasteiger partial charge in [0.05, 0.1) is 11.6 Å². The van der Waals surface area contributed by atoms with E-state index < -0.39 is 0 Å². The van der Waals surface area contributed by atoms with Gasteiger partial charge in [-0.3, -0.25) is 4.57 Å². The van der Waals surface area contributed by atoms with Crippen molar-refractivity contribution < 1.29 is 0 Å². The van der Waals surface area contributed by atoms with Crippen LogP contribution in [0.15, 0.2) is 30.6 Å². The number of hydrogen-bond acceptors (Lipinski definition) is 5. The predicted octanol–water partition coefficient (Wildman–Crippen LogP) is 2.02. The molecule has 0 amide bonds. The zero-order valence-electron chi connectivity index (χ0n) is 11.8. The van der Waals surface area contributed by atoms with Crippen LogP contribution in [0.2, 0.25) is 0 Å². The molecule has 104 valence electrons. The Bertz CT molecular complexity index is 839. The fraction of sp³-hybridized carbons (Fsp3) is 0.200. The molecule has 0 saturated heterocycles. The molecular weight excluding hydrogens is 264 g/mol. The molecule has 1 atom stereocenters. The van der Waals surface area contributed by atoms with E-state index in [4.69, 9.17) is 11.0 Å². The fourth-order valence-electron chi connectivity index (χ4n) is 2.23. The van der Waals surface area contributed by atoms with Crippen LogP contribution in [0.3, 0.4) is 0 Å².